The third-order valence-electron chi connectivity index (χ3n) is 5.63. The van der Waals surface area contributed by atoms with Crippen LogP contribution in [0.2, 0.25) is 0 Å². The lowest BCUT2D eigenvalue weighted by molar-refractivity contribution is -0.134. The molecule has 11 nitrogen and oxygen atoms in total. The summed E-state index contributed by atoms with van der Waals surface area (Å²) in [5.41, 5.74) is 2.08. The van der Waals surface area contributed by atoms with Crippen LogP contribution in [0.1, 0.15) is 6.42 Å². The Morgan fingerprint density at radius 2 is 1.92 bits per heavy atom. The number of hydrogen-bond acceptors (Lipinski definition) is 9. The molecule has 208 valence electrons. The summed E-state index contributed by atoms with van der Waals surface area (Å²) in [4.78, 5) is 20.0. The molecule has 38 heavy (non-hydrogen) atoms. The van der Waals surface area contributed by atoms with E-state index in [9.17, 15) is 31.2 Å². The molecule has 2 aromatic heterocycles. The number of hydrogen-bond donors (Lipinski definition) is 3. The first-order valence-electron chi connectivity index (χ1n) is 11.0. The molecule has 17 heteroatoms. The highest BCUT2D eigenvalue weighted by Crippen LogP contribution is 2.34. The summed E-state index contributed by atoms with van der Waals surface area (Å²) in [7, 11) is -8.00. The number of halogens is 2. The van der Waals surface area contributed by atoms with E-state index in [0.29, 0.717) is 27.8 Å². The van der Waals surface area contributed by atoms with Gasteiger partial charge in [0.25, 0.3) is 15.9 Å². The lowest BCUT2D eigenvalue weighted by atomic mass is 10.2. The summed E-state index contributed by atoms with van der Waals surface area (Å²) >= 11 is 2.32. The minimum absolute atomic E-state index is 0. The van der Waals surface area contributed by atoms with Gasteiger partial charge in [0.1, 0.15) is 16.1 Å². The number of imidazole rings is 1. The molecule has 1 aliphatic rings. The molecular weight excluding hydrogens is 601 g/mol. The number of nitrogens with one attached hydrogen (secondary N) is 2. The monoisotopic (exact) mass is 625 g/mol. The predicted octanol–water partition coefficient (Wildman–Crippen LogP) is 2.39. The third-order valence-corrected chi connectivity index (χ3v) is 12.1. The second kappa shape index (κ2) is 12.9. The van der Waals surface area contributed by atoms with Crippen LogP contribution in [0.5, 0.6) is 0 Å². The quantitative estimate of drug-likeness (QED) is 0.134. The molecule has 1 aliphatic heterocycles. The summed E-state index contributed by atoms with van der Waals surface area (Å²) in [5.74, 6) is -1.15. The van der Waals surface area contributed by atoms with E-state index in [4.69, 9.17) is 0 Å². The van der Waals surface area contributed by atoms with Crippen molar-refractivity contribution in [3.8, 4) is 10.4 Å². The number of hydroxylamine groups is 1. The summed E-state index contributed by atoms with van der Waals surface area (Å²) in [5, 5.41) is 9.91. The molecule has 1 aromatic carbocycles. The molecule has 1 atom stereocenters. The zero-order chi connectivity index (χ0) is 26.6. The number of sulfonamides is 2. The molecule has 1 saturated heterocycles. The van der Waals surface area contributed by atoms with Crippen LogP contribution in [0.25, 0.3) is 10.4 Å². The molecule has 0 unspecified atom stereocenters. The van der Waals surface area contributed by atoms with Gasteiger partial charge in [0.15, 0.2) is 5.16 Å². The Labute approximate surface area is 233 Å². The lowest BCUT2D eigenvalue weighted by Gasteiger charge is -2.38. The SMILES string of the molecule is Cl.O=C(NO)[C@H]1CN(S(=O)(=O)CCCSc2ncc[nH]2)CCN1S(=O)(=O)c1ccc(-c2ccc(F)cc2)s1. The van der Waals surface area contributed by atoms with E-state index in [-0.39, 0.29) is 35.5 Å². The number of amides is 1. The van der Waals surface area contributed by atoms with Gasteiger partial charge in [-0.15, -0.1) is 23.7 Å². The zero-order valence-corrected chi connectivity index (χ0v) is 23.8. The van der Waals surface area contributed by atoms with Crippen molar-refractivity contribution in [2.45, 2.75) is 21.8 Å². The first-order chi connectivity index (χ1) is 17.6. The average Bonchev–Trinajstić information content (AvgIpc) is 3.59. The van der Waals surface area contributed by atoms with Gasteiger partial charge in [-0.1, -0.05) is 23.9 Å². The molecule has 4 rings (SSSR count). The second-order valence-corrected chi connectivity index (χ2v) is 14.4. The number of carbonyl (C=O) groups excluding carboxylic acids is 1. The van der Waals surface area contributed by atoms with Gasteiger partial charge in [0.2, 0.25) is 10.0 Å². The second-order valence-electron chi connectivity index (χ2n) is 8.00. The highest BCUT2D eigenvalue weighted by Gasteiger charge is 2.43. The van der Waals surface area contributed by atoms with Crippen molar-refractivity contribution in [2.24, 2.45) is 0 Å². The number of thioether (sulfide) groups is 1. The standard InChI is InChI=1S/C21H24FN5O6S4.ClH/c22-16-4-2-15(3-5-16)18-6-7-19(35-18)37(32,33)27-11-10-26(14-17(27)20(28)25-29)36(30,31)13-1-12-34-21-23-8-9-24-21;/h2-9,17,29H,1,10-14H2,(H,23,24)(H,25,28);1H/t17-;/m1./s1. The molecule has 0 aliphatic carbocycles. The van der Waals surface area contributed by atoms with Crippen molar-refractivity contribution in [1.82, 2.24) is 24.1 Å². The van der Waals surface area contributed by atoms with Gasteiger partial charge in [-0.3, -0.25) is 10.0 Å². The van der Waals surface area contributed by atoms with Crippen molar-refractivity contribution in [2.75, 3.05) is 31.1 Å². The van der Waals surface area contributed by atoms with E-state index in [1.54, 1.807) is 18.5 Å². The number of aromatic nitrogens is 2. The van der Waals surface area contributed by atoms with E-state index < -0.39 is 44.4 Å². The minimum atomic E-state index is -4.21. The molecule has 0 spiro atoms. The van der Waals surface area contributed by atoms with E-state index in [1.807, 2.05) is 0 Å². The maximum absolute atomic E-state index is 13.4. The normalized spacial score (nSPS) is 17.2. The van der Waals surface area contributed by atoms with E-state index in [0.717, 1.165) is 19.9 Å². The van der Waals surface area contributed by atoms with Crippen LogP contribution in [0, 0.1) is 5.82 Å². The Kier molecular flexibility index (Phi) is 10.3. The summed E-state index contributed by atoms with van der Waals surface area (Å²) in [6, 6.07) is 7.07. The van der Waals surface area contributed by atoms with Crippen molar-refractivity contribution in [3.63, 3.8) is 0 Å². The number of piperazine rings is 1. The van der Waals surface area contributed by atoms with Gasteiger partial charge in [0, 0.05) is 42.7 Å². The molecule has 1 fully saturated rings. The third kappa shape index (κ3) is 6.93. The number of rotatable bonds is 10. The Hall–Kier alpha value is -2.05. The largest absolute Gasteiger partial charge is 0.340 e. The van der Waals surface area contributed by atoms with Gasteiger partial charge in [-0.25, -0.2) is 31.7 Å². The molecular formula is C21H25ClFN5O6S4. The fourth-order valence-electron chi connectivity index (χ4n) is 3.78. The van der Waals surface area contributed by atoms with E-state index >= 15 is 0 Å². The number of H-pyrrole nitrogens is 1. The van der Waals surface area contributed by atoms with Crippen molar-refractivity contribution in [3.05, 3.63) is 54.6 Å². The predicted molar refractivity (Wildman–Crippen MR) is 144 cm³/mol. The van der Waals surface area contributed by atoms with Gasteiger partial charge in [-0.05, 0) is 36.2 Å². The maximum Gasteiger partial charge on any atom is 0.263 e. The smallest absolute Gasteiger partial charge is 0.263 e. The fraction of sp³-hybridized carbons (Fsp3) is 0.333. The number of benzene rings is 1. The zero-order valence-electron chi connectivity index (χ0n) is 19.7. The van der Waals surface area contributed by atoms with Crippen LogP contribution >= 0.6 is 35.5 Å². The van der Waals surface area contributed by atoms with Crippen LogP contribution in [0.15, 0.2) is 58.2 Å². The van der Waals surface area contributed by atoms with Crippen LogP contribution in [-0.2, 0) is 24.8 Å². The lowest BCUT2D eigenvalue weighted by Crippen LogP contribution is -2.61. The molecule has 3 aromatic rings. The molecule has 0 saturated carbocycles. The first-order valence-corrected chi connectivity index (χ1v) is 15.9. The number of thiophene rings is 1. The van der Waals surface area contributed by atoms with E-state index in [2.05, 4.69) is 9.97 Å². The molecule has 0 radical (unpaired) electrons. The van der Waals surface area contributed by atoms with Crippen LogP contribution in [0.4, 0.5) is 4.39 Å². The Balaban J connectivity index is 0.00000400. The van der Waals surface area contributed by atoms with Crippen LogP contribution < -0.4 is 5.48 Å². The highest BCUT2D eigenvalue weighted by molar-refractivity contribution is 7.99. The summed E-state index contributed by atoms with van der Waals surface area (Å²) in [6.45, 7) is -0.849. The maximum atomic E-state index is 13.4. The van der Waals surface area contributed by atoms with Crippen molar-refractivity contribution >= 4 is 61.5 Å². The topological polar surface area (TPSA) is 153 Å². The van der Waals surface area contributed by atoms with Crippen LogP contribution in [-0.4, -0.2) is 83.7 Å². The van der Waals surface area contributed by atoms with Gasteiger partial charge >= 0.3 is 0 Å². The summed E-state index contributed by atoms with van der Waals surface area (Å²) in [6.07, 6.45) is 3.59. The van der Waals surface area contributed by atoms with Crippen molar-refractivity contribution < 1.29 is 31.2 Å². The molecule has 3 N–H and O–H groups in total. The Bertz CT molecular complexity index is 1430. The summed E-state index contributed by atoms with van der Waals surface area (Å²) < 4.78 is 67.9. The van der Waals surface area contributed by atoms with Crippen LogP contribution in [0.3, 0.4) is 0 Å². The fourth-order valence-corrected chi connectivity index (χ4v) is 9.24. The number of carbonyl (C=O) groups is 1. The number of aromatic amines is 1. The Morgan fingerprint density at radius 3 is 2.58 bits per heavy atom. The number of nitrogens with zero attached hydrogens (tertiary/aromatic N) is 3. The van der Waals surface area contributed by atoms with E-state index in [1.165, 1.54) is 47.6 Å². The molecule has 3 heterocycles. The van der Waals surface area contributed by atoms with Gasteiger partial charge in [0.05, 0.1) is 5.75 Å². The first kappa shape index (κ1) is 30.5. The molecule has 0 bridgehead atoms. The minimum Gasteiger partial charge on any atom is -0.340 e. The molecule has 1 amide bonds. The van der Waals surface area contributed by atoms with Crippen molar-refractivity contribution in [1.29, 1.82) is 0 Å². The Morgan fingerprint density at radius 1 is 1.18 bits per heavy atom. The van der Waals surface area contributed by atoms with Gasteiger partial charge in [-0.2, -0.15) is 8.61 Å². The highest BCUT2D eigenvalue weighted by atomic mass is 35.5. The average molecular weight is 626 g/mol. The van der Waals surface area contributed by atoms with Gasteiger partial charge < -0.3 is 4.98 Å².